The molecule has 4 aliphatic rings. The summed E-state index contributed by atoms with van der Waals surface area (Å²) >= 11 is 0. The second-order valence-corrected chi connectivity index (χ2v) is 14.0. The van der Waals surface area contributed by atoms with E-state index in [-0.39, 0.29) is 17.4 Å². The number of likely N-dealkylation sites (tertiary alicyclic amines) is 1. The van der Waals surface area contributed by atoms with E-state index in [4.69, 9.17) is 20.6 Å². The number of carbonyl (C=O) groups excluding carboxylic acids is 1. The Balaban J connectivity index is 1.17. The van der Waals surface area contributed by atoms with Crippen LogP contribution >= 0.6 is 0 Å². The first-order chi connectivity index (χ1) is 20.0. The van der Waals surface area contributed by atoms with Crippen molar-refractivity contribution in [3.05, 3.63) is 64.1 Å². The molecule has 1 aromatic heterocycles. The zero-order valence-corrected chi connectivity index (χ0v) is 25.9. The van der Waals surface area contributed by atoms with Gasteiger partial charge in [-0.1, -0.05) is 24.3 Å². The normalized spacial score (nSPS) is 26.5. The van der Waals surface area contributed by atoms with Crippen molar-refractivity contribution in [2.24, 2.45) is 33.0 Å². The van der Waals surface area contributed by atoms with Crippen LogP contribution in [0.15, 0.2) is 51.7 Å². The maximum Gasteiger partial charge on any atom is 0.410 e. The van der Waals surface area contributed by atoms with Crippen LogP contribution in [0.3, 0.4) is 0 Å². The van der Waals surface area contributed by atoms with Gasteiger partial charge >= 0.3 is 6.09 Å². The molecule has 6 rings (SSSR count). The number of nitrogens with two attached hydrogens (primary N) is 1. The van der Waals surface area contributed by atoms with Crippen LogP contribution < -0.4 is 5.73 Å². The van der Waals surface area contributed by atoms with Gasteiger partial charge in [0.25, 0.3) is 0 Å². The average Bonchev–Trinajstić information content (AvgIpc) is 3.60. The fourth-order valence-corrected chi connectivity index (χ4v) is 7.35. The maximum absolute atomic E-state index is 12.7. The molecule has 8 nitrogen and oxygen atoms in total. The number of amides is 1. The summed E-state index contributed by atoms with van der Waals surface area (Å²) in [5.41, 5.74) is 14.2. The number of aryl methyl sites for hydroxylation is 1. The first-order valence-electron chi connectivity index (χ1n) is 15.6. The molecule has 42 heavy (non-hydrogen) atoms. The van der Waals surface area contributed by atoms with Crippen molar-refractivity contribution >= 4 is 18.0 Å². The molecule has 1 saturated heterocycles. The van der Waals surface area contributed by atoms with Gasteiger partial charge < -0.3 is 15.4 Å². The minimum atomic E-state index is -0.473. The first-order valence-corrected chi connectivity index (χ1v) is 15.6. The number of allylic oxidation sites excluding steroid dienone is 2. The highest BCUT2D eigenvalue weighted by Gasteiger charge is 2.52. The number of carbonyl (C=O) groups is 1. The first kappa shape index (κ1) is 28.7. The predicted molar refractivity (Wildman–Crippen MR) is 167 cm³/mol. The molecule has 1 spiro atoms. The number of rotatable bonds is 6. The lowest BCUT2D eigenvalue weighted by atomic mass is 9.56. The van der Waals surface area contributed by atoms with Crippen molar-refractivity contribution in [1.82, 2.24) is 14.7 Å². The van der Waals surface area contributed by atoms with Gasteiger partial charge in [-0.25, -0.2) is 4.79 Å². The highest BCUT2D eigenvalue weighted by atomic mass is 16.6. The third kappa shape index (κ3) is 5.90. The van der Waals surface area contributed by atoms with Gasteiger partial charge in [-0.05, 0) is 94.6 Å². The lowest BCUT2D eigenvalue weighted by molar-refractivity contribution is 0.0103. The van der Waals surface area contributed by atoms with E-state index in [1.54, 1.807) is 7.05 Å². The fourth-order valence-electron chi connectivity index (χ4n) is 7.35. The van der Waals surface area contributed by atoms with E-state index in [0.717, 1.165) is 86.0 Å². The lowest BCUT2D eigenvalue weighted by Crippen LogP contribution is -2.45. The van der Waals surface area contributed by atoms with E-state index in [9.17, 15) is 4.79 Å². The highest BCUT2D eigenvalue weighted by Crippen LogP contribution is 2.56. The minimum absolute atomic E-state index is 0.186. The highest BCUT2D eigenvalue weighted by molar-refractivity contribution is 6.25. The molecular formula is C34H46N6O2. The summed E-state index contributed by atoms with van der Waals surface area (Å²) in [5, 5.41) is 4.88. The largest absolute Gasteiger partial charge is 0.444 e. The number of aromatic nitrogens is 2. The molecule has 2 aliphatic carbocycles. The molecule has 0 bridgehead atoms. The number of benzene rings is 1. The summed E-state index contributed by atoms with van der Waals surface area (Å²) in [4.78, 5) is 24.1. The molecule has 224 valence electrons. The Labute approximate surface area is 250 Å². The van der Waals surface area contributed by atoms with Crippen molar-refractivity contribution in [3.63, 3.8) is 0 Å². The summed E-state index contributed by atoms with van der Waals surface area (Å²) in [7, 11) is 1.79. The molecule has 2 saturated carbocycles. The van der Waals surface area contributed by atoms with Crippen LogP contribution in [0.2, 0.25) is 0 Å². The summed E-state index contributed by atoms with van der Waals surface area (Å²) in [6.07, 6.45) is 10.5. The topological polar surface area (TPSA) is 98.1 Å². The van der Waals surface area contributed by atoms with Gasteiger partial charge in [0.15, 0.2) is 0 Å². The predicted octanol–water partition coefficient (Wildman–Crippen LogP) is 5.88. The molecule has 0 unspecified atom stereocenters. The molecule has 0 radical (unpaired) electrons. The smallest absolute Gasteiger partial charge is 0.410 e. The number of ether oxygens (including phenoxy) is 1. The monoisotopic (exact) mass is 570 g/mol. The van der Waals surface area contributed by atoms with Crippen molar-refractivity contribution in [1.29, 1.82) is 0 Å². The fraction of sp³-hybridized carbons (Fsp3) is 0.588. The SMILES string of the molecule is CN=CC1=C(N)[C@@H](C2CC3(CCN(C(=O)OC(C)(C)C)C3)C2)CCN=C1c1cn(Cc2cccc(C3CC3)c2)nc1C. The molecule has 8 heteroatoms. The van der Waals surface area contributed by atoms with Crippen LogP contribution in [0.5, 0.6) is 0 Å². The van der Waals surface area contributed by atoms with Gasteiger partial charge in [0, 0.05) is 61.8 Å². The van der Waals surface area contributed by atoms with Gasteiger partial charge in [0.05, 0.1) is 18.0 Å². The van der Waals surface area contributed by atoms with E-state index < -0.39 is 5.60 Å². The Morgan fingerprint density at radius 1 is 1.24 bits per heavy atom. The van der Waals surface area contributed by atoms with Crippen LogP contribution in [-0.2, 0) is 11.3 Å². The zero-order chi connectivity index (χ0) is 29.6. The minimum Gasteiger partial charge on any atom is -0.444 e. The van der Waals surface area contributed by atoms with Crippen molar-refractivity contribution in [2.75, 3.05) is 26.7 Å². The third-order valence-electron chi connectivity index (χ3n) is 9.53. The van der Waals surface area contributed by atoms with E-state index >= 15 is 0 Å². The van der Waals surface area contributed by atoms with Gasteiger partial charge in [0.2, 0.25) is 0 Å². The quantitative estimate of drug-likeness (QED) is 0.439. The summed E-state index contributed by atoms with van der Waals surface area (Å²) in [6.45, 7) is 10.8. The van der Waals surface area contributed by atoms with Crippen LogP contribution in [0.4, 0.5) is 4.79 Å². The van der Waals surface area contributed by atoms with Gasteiger partial charge in [-0.3, -0.25) is 14.7 Å². The average molecular weight is 571 g/mol. The molecule has 3 heterocycles. The van der Waals surface area contributed by atoms with Gasteiger partial charge in [-0.15, -0.1) is 0 Å². The van der Waals surface area contributed by atoms with Crippen LogP contribution in [0.1, 0.15) is 87.6 Å². The Kier molecular flexibility index (Phi) is 7.52. The Bertz CT molecular complexity index is 1430. The Hall–Kier alpha value is -3.42. The van der Waals surface area contributed by atoms with Crippen molar-refractivity contribution < 1.29 is 9.53 Å². The van der Waals surface area contributed by atoms with E-state index in [0.29, 0.717) is 5.92 Å². The van der Waals surface area contributed by atoms with E-state index in [2.05, 4.69) is 42.4 Å². The number of hydrogen-bond acceptors (Lipinski definition) is 6. The van der Waals surface area contributed by atoms with E-state index in [1.807, 2.05) is 36.6 Å². The molecule has 1 aromatic carbocycles. The van der Waals surface area contributed by atoms with Gasteiger partial charge in [-0.2, -0.15) is 5.10 Å². The lowest BCUT2D eigenvalue weighted by Gasteiger charge is -2.48. The van der Waals surface area contributed by atoms with Gasteiger partial charge in [0.1, 0.15) is 5.60 Å². The summed E-state index contributed by atoms with van der Waals surface area (Å²) in [6, 6.07) is 8.93. The Morgan fingerprint density at radius 2 is 2.02 bits per heavy atom. The number of aliphatic imine (C=N–C) groups is 2. The molecule has 1 atom stereocenters. The van der Waals surface area contributed by atoms with Crippen molar-refractivity contribution in [3.8, 4) is 0 Å². The number of hydrogen-bond donors (Lipinski definition) is 1. The molecule has 2 N–H and O–H groups in total. The van der Waals surface area contributed by atoms with Crippen molar-refractivity contribution in [2.45, 2.75) is 84.3 Å². The van der Waals surface area contributed by atoms with Crippen LogP contribution in [0, 0.1) is 24.2 Å². The number of nitrogens with zero attached hydrogens (tertiary/aromatic N) is 5. The second kappa shape index (κ2) is 11.0. The van der Waals surface area contributed by atoms with Crippen LogP contribution in [-0.4, -0.2) is 65.0 Å². The molecule has 2 aromatic rings. The molecule has 2 aliphatic heterocycles. The summed E-state index contributed by atoms with van der Waals surface area (Å²) in [5.74, 6) is 1.47. The van der Waals surface area contributed by atoms with Crippen LogP contribution in [0.25, 0.3) is 0 Å². The third-order valence-corrected chi connectivity index (χ3v) is 9.53. The maximum atomic E-state index is 12.7. The summed E-state index contributed by atoms with van der Waals surface area (Å²) < 4.78 is 7.67. The molecular weight excluding hydrogens is 524 g/mol. The zero-order valence-electron chi connectivity index (χ0n) is 25.9. The standard InChI is InChI=1S/C34H46N6O2/c1-22-29(20-40(38-22)19-23-7-6-8-25(15-23)24-9-10-24)31-28(18-36-5)30(35)27(11-13-37-31)26-16-34(17-26)12-14-39(21-34)32(41)42-33(2,3)4/h6-8,15,18,20,24,26-27H,9-14,16-17,19,21,35H2,1-5H3/t26?,27-,34?/m1/s1. The molecule has 1 amide bonds. The molecule has 3 fully saturated rings. The van der Waals surface area contributed by atoms with E-state index in [1.165, 1.54) is 24.0 Å². The second-order valence-electron chi connectivity index (χ2n) is 14.0. The Morgan fingerprint density at radius 3 is 2.74 bits per heavy atom.